The first-order valence-corrected chi connectivity index (χ1v) is 7.61. The van der Waals surface area contributed by atoms with Gasteiger partial charge < -0.3 is 10.8 Å². The van der Waals surface area contributed by atoms with Gasteiger partial charge in [-0.15, -0.1) is 0 Å². The number of benzene rings is 1. The number of rotatable bonds is 3. The lowest BCUT2D eigenvalue weighted by Crippen LogP contribution is -2.40. The van der Waals surface area contributed by atoms with Crippen LogP contribution in [0.3, 0.4) is 0 Å². The molecule has 0 saturated heterocycles. The van der Waals surface area contributed by atoms with Crippen LogP contribution in [0, 0.1) is 17.2 Å². The van der Waals surface area contributed by atoms with E-state index in [1.165, 1.54) is 6.07 Å². The van der Waals surface area contributed by atoms with Crippen LogP contribution in [-0.4, -0.2) is 11.7 Å². The van der Waals surface area contributed by atoms with Crippen LogP contribution in [0.25, 0.3) is 0 Å². The van der Waals surface area contributed by atoms with E-state index in [9.17, 15) is 9.50 Å². The highest BCUT2D eigenvalue weighted by Gasteiger charge is 2.41. The lowest BCUT2D eigenvalue weighted by Gasteiger charge is -2.42. The standard InChI is InChI=1S/C15H21BrFNO/c1-10-4-6-15(9-18,7-5-10)14(19)12-3-2-11(16)8-13(12)17/h2-3,8,10,14,19H,4-7,9,18H2,1H3. The first kappa shape index (κ1) is 14.9. The summed E-state index contributed by atoms with van der Waals surface area (Å²) in [5.74, 6) is 0.301. The van der Waals surface area contributed by atoms with E-state index in [1.807, 2.05) is 0 Å². The summed E-state index contributed by atoms with van der Waals surface area (Å²) in [6.07, 6.45) is 3.00. The van der Waals surface area contributed by atoms with Crippen LogP contribution in [0.4, 0.5) is 4.39 Å². The SMILES string of the molecule is CC1CCC(CN)(C(O)c2ccc(Br)cc2F)CC1. The number of halogens is 2. The smallest absolute Gasteiger partial charge is 0.130 e. The second-order valence-corrected chi connectivity index (χ2v) is 6.73. The molecule has 19 heavy (non-hydrogen) atoms. The molecule has 0 bridgehead atoms. The van der Waals surface area contributed by atoms with Crippen LogP contribution in [0.1, 0.15) is 44.3 Å². The van der Waals surface area contributed by atoms with E-state index in [0.29, 0.717) is 22.5 Å². The lowest BCUT2D eigenvalue weighted by atomic mass is 9.66. The zero-order valence-corrected chi connectivity index (χ0v) is 12.8. The van der Waals surface area contributed by atoms with Gasteiger partial charge in [-0.25, -0.2) is 4.39 Å². The summed E-state index contributed by atoms with van der Waals surface area (Å²) in [7, 11) is 0. The predicted octanol–water partition coefficient (Wildman–Crippen LogP) is 3.78. The Morgan fingerprint density at radius 3 is 2.63 bits per heavy atom. The van der Waals surface area contributed by atoms with E-state index in [2.05, 4.69) is 22.9 Å². The Bertz CT molecular complexity index is 444. The van der Waals surface area contributed by atoms with Gasteiger partial charge >= 0.3 is 0 Å². The minimum absolute atomic E-state index is 0.364. The Labute approximate surface area is 122 Å². The summed E-state index contributed by atoms with van der Waals surface area (Å²) in [6, 6.07) is 4.81. The molecule has 0 amide bonds. The minimum Gasteiger partial charge on any atom is -0.388 e. The van der Waals surface area contributed by atoms with Gasteiger partial charge in [0.05, 0.1) is 6.10 Å². The van der Waals surface area contributed by atoms with Crippen molar-refractivity contribution in [3.05, 3.63) is 34.1 Å². The molecule has 0 aromatic heterocycles. The van der Waals surface area contributed by atoms with Crippen molar-refractivity contribution in [1.29, 1.82) is 0 Å². The zero-order valence-electron chi connectivity index (χ0n) is 11.2. The molecule has 2 nitrogen and oxygen atoms in total. The van der Waals surface area contributed by atoms with Crippen LogP contribution in [0.15, 0.2) is 22.7 Å². The Hall–Kier alpha value is -0.450. The molecule has 1 atom stereocenters. The fourth-order valence-electron chi connectivity index (χ4n) is 2.98. The number of aliphatic hydroxyl groups is 1. The molecule has 106 valence electrons. The third kappa shape index (κ3) is 3.01. The van der Waals surface area contributed by atoms with E-state index in [0.717, 1.165) is 25.7 Å². The third-order valence-electron chi connectivity index (χ3n) is 4.51. The molecule has 1 aromatic carbocycles. The topological polar surface area (TPSA) is 46.2 Å². The Morgan fingerprint density at radius 2 is 2.11 bits per heavy atom. The molecule has 0 spiro atoms. The van der Waals surface area contributed by atoms with Gasteiger partial charge in [-0.2, -0.15) is 0 Å². The molecular formula is C15H21BrFNO. The molecule has 1 saturated carbocycles. The van der Waals surface area contributed by atoms with Crippen LogP contribution >= 0.6 is 15.9 Å². The molecule has 0 heterocycles. The number of nitrogens with two attached hydrogens (primary N) is 1. The van der Waals surface area contributed by atoms with E-state index in [4.69, 9.17) is 5.73 Å². The van der Waals surface area contributed by atoms with E-state index >= 15 is 0 Å². The molecule has 1 unspecified atom stereocenters. The second-order valence-electron chi connectivity index (χ2n) is 5.82. The van der Waals surface area contributed by atoms with Gasteiger partial charge in [0.15, 0.2) is 0 Å². The first-order chi connectivity index (χ1) is 8.98. The fraction of sp³-hybridized carbons (Fsp3) is 0.600. The number of hydrogen-bond acceptors (Lipinski definition) is 2. The highest BCUT2D eigenvalue weighted by molar-refractivity contribution is 9.10. The van der Waals surface area contributed by atoms with E-state index < -0.39 is 6.10 Å². The fourth-order valence-corrected chi connectivity index (χ4v) is 3.31. The predicted molar refractivity (Wildman–Crippen MR) is 78.2 cm³/mol. The third-order valence-corrected chi connectivity index (χ3v) is 5.01. The van der Waals surface area contributed by atoms with Crippen molar-refractivity contribution in [2.75, 3.05) is 6.54 Å². The largest absolute Gasteiger partial charge is 0.388 e. The lowest BCUT2D eigenvalue weighted by molar-refractivity contribution is -0.0103. The summed E-state index contributed by atoms with van der Waals surface area (Å²) in [4.78, 5) is 0. The molecule has 4 heteroatoms. The Morgan fingerprint density at radius 1 is 1.47 bits per heavy atom. The number of aliphatic hydroxyl groups excluding tert-OH is 1. The summed E-state index contributed by atoms with van der Waals surface area (Å²) in [5.41, 5.74) is 5.90. The van der Waals surface area contributed by atoms with Gasteiger partial charge in [0.2, 0.25) is 0 Å². The maximum Gasteiger partial charge on any atom is 0.130 e. The van der Waals surface area contributed by atoms with Crippen LogP contribution in [-0.2, 0) is 0 Å². The van der Waals surface area contributed by atoms with Crippen molar-refractivity contribution in [3.63, 3.8) is 0 Å². The molecule has 2 rings (SSSR count). The van der Waals surface area contributed by atoms with Crippen molar-refractivity contribution in [1.82, 2.24) is 0 Å². The van der Waals surface area contributed by atoms with E-state index in [-0.39, 0.29) is 11.2 Å². The van der Waals surface area contributed by atoms with Crippen molar-refractivity contribution in [3.8, 4) is 0 Å². The van der Waals surface area contributed by atoms with Crippen LogP contribution in [0.2, 0.25) is 0 Å². The van der Waals surface area contributed by atoms with Crippen molar-refractivity contribution < 1.29 is 9.50 Å². The van der Waals surface area contributed by atoms with E-state index in [1.54, 1.807) is 12.1 Å². The maximum atomic E-state index is 14.0. The first-order valence-electron chi connectivity index (χ1n) is 6.81. The molecule has 3 N–H and O–H groups in total. The molecular weight excluding hydrogens is 309 g/mol. The van der Waals surface area contributed by atoms with Crippen molar-refractivity contribution in [2.24, 2.45) is 17.1 Å². The van der Waals surface area contributed by atoms with Gasteiger partial charge in [0.25, 0.3) is 0 Å². The van der Waals surface area contributed by atoms with Gasteiger partial charge in [-0.05, 0) is 30.9 Å². The van der Waals surface area contributed by atoms with Gasteiger partial charge in [0.1, 0.15) is 5.82 Å². The molecule has 0 radical (unpaired) electrons. The average molecular weight is 330 g/mol. The number of hydrogen-bond donors (Lipinski definition) is 2. The van der Waals surface area contributed by atoms with Crippen LogP contribution in [0.5, 0.6) is 0 Å². The Kier molecular flexibility index (Phi) is 4.64. The monoisotopic (exact) mass is 329 g/mol. The second kappa shape index (κ2) is 5.90. The van der Waals surface area contributed by atoms with Crippen molar-refractivity contribution >= 4 is 15.9 Å². The highest BCUT2D eigenvalue weighted by atomic mass is 79.9. The normalized spacial score (nSPS) is 29.2. The van der Waals surface area contributed by atoms with Crippen molar-refractivity contribution in [2.45, 2.75) is 38.7 Å². The average Bonchev–Trinajstić information content (AvgIpc) is 2.39. The summed E-state index contributed by atoms with van der Waals surface area (Å²) < 4.78 is 14.7. The molecule has 1 aliphatic rings. The van der Waals surface area contributed by atoms with Gasteiger partial charge in [-0.3, -0.25) is 0 Å². The van der Waals surface area contributed by atoms with Crippen LogP contribution < -0.4 is 5.73 Å². The van der Waals surface area contributed by atoms with Gasteiger partial charge in [-0.1, -0.05) is 41.8 Å². The van der Waals surface area contributed by atoms with Gasteiger partial charge in [0, 0.05) is 22.0 Å². The molecule has 0 aliphatic heterocycles. The highest BCUT2D eigenvalue weighted by Crippen LogP contribution is 2.47. The molecule has 1 aromatic rings. The quantitative estimate of drug-likeness (QED) is 0.886. The summed E-state index contributed by atoms with van der Waals surface area (Å²) in [6.45, 7) is 2.61. The summed E-state index contributed by atoms with van der Waals surface area (Å²) in [5, 5.41) is 10.6. The zero-order chi connectivity index (χ0) is 14.0. The minimum atomic E-state index is -0.821. The molecule has 1 aliphatic carbocycles. The summed E-state index contributed by atoms with van der Waals surface area (Å²) >= 11 is 3.23. The molecule has 1 fully saturated rings. The maximum absolute atomic E-state index is 14.0. The Balaban J connectivity index is 2.27.